The molecule has 42 valence electrons. The van der Waals surface area contributed by atoms with Crippen LogP contribution in [0.25, 0.3) is 0 Å². The second kappa shape index (κ2) is 1.20. The maximum atomic E-state index is 5.21. The summed E-state index contributed by atoms with van der Waals surface area (Å²) in [5, 5.41) is 0. The van der Waals surface area contributed by atoms with Crippen molar-refractivity contribution in [2.45, 2.75) is 25.8 Å². The lowest BCUT2D eigenvalue weighted by Gasteiger charge is -2.04. The van der Waals surface area contributed by atoms with Gasteiger partial charge in [0.15, 0.2) is 0 Å². The van der Waals surface area contributed by atoms with Gasteiger partial charge in [-0.3, -0.25) is 11.3 Å². The van der Waals surface area contributed by atoms with Gasteiger partial charge in [-0.1, -0.05) is 6.92 Å². The molecule has 0 radical (unpaired) electrons. The van der Waals surface area contributed by atoms with Crippen LogP contribution in [0.2, 0.25) is 0 Å². The highest BCUT2D eigenvalue weighted by Gasteiger charge is 2.45. The van der Waals surface area contributed by atoms with E-state index in [2.05, 4.69) is 19.3 Å². The van der Waals surface area contributed by atoms with E-state index in [9.17, 15) is 0 Å². The first-order valence-corrected chi connectivity index (χ1v) is 2.67. The Morgan fingerprint density at radius 2 is 2.29 bits per heavy atom. The van der Waals surface area contributed by atoms with Crippen molar-refractivity contribution in [3.05, 3.63) is 0 Å². The Morgan fingerprint density at radius 3 is 2.29 bits per heavy atom. The molecule has 0 heterocycles. The van der Waals surface area contributed by atoms with Crippen molar-refractivity contribution in [3.8, 4) is 0 Å². The van der Waals surface area contributed by atoms with Gasteiger partial charge in [0.2, 0.25) is 0 Å². The van der Waals surface area contributed by atoms with Gasteiger partial charge in [-0.15, -0.1) is 0 Å². The van der Waals surface area contributed by atoms with Gasteiger partial charge in [0.1, 0.15) is 0 Å². The lowest BCUT2D eigenvalue weighted by molar-refractivity contribution is 0.522. The van der Waals surface area contributed by atoms with E-state index in [0.29, 0.717) is 0 Å². The topological polar surface area (TPSA) is 38.0 Å². The van der Waals surface area contributed by atoms with Crippen LogP contribution >= 0.6 is 0 Å². The summed E-state index contributed by atoms with van der Waals surface area (Å²) in [5.41, 5.74) is 3.04. The third-order valence-electron chi connectivity index (χ3n) is 1.99. The van der Waals surface area contributed by atoms with E-state index in [-0.39, 0.29) is 5.54 Å². The molecule has 0 spiro atoms. The first kappa shape index (κ1) is 5.06. The Bertz CT molecular complexity index is 78.1. The van der Waals surface area contributed by atoms with Crippen LogP contribution in [0.15, 0.2) is 0 Å². The first-order valence-electron chi connectivity index (χ1n) is 2.67. The lowest BCUT2D eigenvalue weighted by Crippen LogP contribution is -2.35. The molecule has 0 bridgehead atoms. The van der Waals surface area contributed by atoms with Crippen molar-refractivity contribution in [1.29, 1.82) is 0 Å². The Labute approximate surface area is 44.1 Å². The summed E-state index contributed by atoms with van der Waals surface area (Å²) < 4.78 is 0. The zero-order valence-corrected chi connectivity index (χ0v) is 4.86. The van der Waals surface area contributed by atoms with Crippen LogP contribution in [-0.4, -0.2) is 5.54 Å². The van der Waals surface area contributed by atoms with Gasteiger partial charge in [-0.05, 0) is 19.3 Å². The fourth-order valence-electron chi connectivity index (χ4n) is 0.778. The Morgan fingerprint density at radius 1 is 1.86 bits per heavy atom. The molecule has 0 aromatic carbocycles. The highest BCUT2D eigenvalue weighted by Crippen LogP contribution is 2.41. The molecule has 2 unspecified atom stereocenters. The van der Waals surface area contributed by atoms with Crippen LogP contribution in [0.5, 0.6) is 0 Å². The molecule has 3 N–H and O–H groups in total. The number of nitrogens with two attached hydrogens (primary N) is 1. The average molecular weight is 100 g/mol. The van der Waals surface area contributed by atoms with Gasteiger partial charge in [0.25, 0.3) is 0 Å². The van der Waals surface area contributed by atoms with Crippen LogP contribution in [0.1, 0.15) is 20.3 Å². The van der Waals surface area contributed by atoms with E-state index in [1.165, 1.54) is 6.42 Å². The average Bonchev–Trinajstić information content (AvgIpc) is 2.18. The first-order chi connectivity index (χ1) is 3.19. The molecule has 0 aromatic heterocycles. The monoisotopic (exact) mass is 100 g/mol. The minimum Gasteiger partial charge on any atom is -0.271 e. The predicted octanol–water partition coefficient (Wildman–Crippen LogP) is 0.248. The number of hydrogen-bond acceptors (Lipinski definition) is 2. The second-order valence-electron chi connectivity index (χ2n) is 2.67. The van der Waals surface area contributed by atoms with Crippen LogP contribution < -0.4 is 11.3 Å². The summed E-state index contributed by atoms with van der Waals surface area (Å²) in [6.07, 6.45) is 1.23. The molecular formula is C5H12N2. The number of rotatable bonds is 1. The van der Waals surface area contributed by atoms with Gasteiger partial charge < -0.3 is 0 Å². The smallest absolute Gasteiger partial charge is 0.0322 e. The second-order valence-corrected chi connectivity index (χ2v) is 2.67. The normalized spacial score (nSPS) is 49.3. The number of hydrogen-bond donors (Lipinski definition) is 2. The zero-order valence-electron chi connectivity index (χ0n) is 4.86. The van der Waals surface area contributed by atoms with Gasteiger partial charge in [0, 0.05) is 5.54 Å². The fourth-order valence-corrected chi connectivity index (χ4v) is 0.778. The third-order valence-corrected chi connectivity index (χ3v) is 1.99. The summed E-state index contributed by atoms with van der Waals surface area (Å²) in [6, 6.07) is 0. The SMILES string of the molecule is CC1CC1(C)NN. The van der Waals surface area contributed by atoms with Crippen molar-refractivity contribution in [2.75, 3.05) is 0 Å². The summed E-state index contributed by atoms with van der Waals surface area (Å²) in [4.78, 5) is 0. The molecule has 2 atom stereocenters. The van der Waals surface area contributed by atoms with Crippen LogP contribution in [-0.2, 0) is 0 Å². The number of hydrazine groups is 1. The largest absolute Gasteiger partial charge is 0.271 e. The molecule has 1 aliphatic rings. The van der Waals surface area contributed by atoms with Crippen molar-refractivity contribution >= 4 is 0 Å². The molecule has 1 saturated carbocycles. The summed E-state index contributed by atoms with van der Waals surface area (Å²) in [6.45, 7) is 4.33. The van der Waals surface area contributed by atoms with E-state index < -0.39 is 0 Å². The highest BCUT2D eigenvalue weighted by molar-refractivity contribution is 5.02. The fraction of sp³-hybridized carbons (Fsp3) is 1.00. The maximum Gasteiger partial charge on any atom is 0.0322 e. The summed E-state index contributed by atoms with van der Waals surface area (Å²) >= 11 is 0. The van der Waals surface area contributed by atoms with E-state index in [1.54, 1.807) is 0 Å². The Hall–Kier alpha value is -0.0800. The summed E-state index contributed by atoms with van der Waals surface area (Å²) in [7, 11) is 0. The van der Waals surface area contributed by atoms with Crippen LogP contribution in [0, 0.1) is 5.92 Å². The van der Waals surface area contributed by atoms with Gasteiger partial charge >= 0.3 is 0 Å². The van der Waals surface area contributed by atoms with E-state index >= 15 is 0 Å². The highest BCUT2D eigenvalue weighted by atomic mass is 15.3. The van der Waals surface area contributed by atoms with Crippen molar-refractivity contribution in [3.63, 3.8) is 0 Å². The Balaban J connectivity index is 2.36. The van der Waals surface area contributed by atoms with E-state index in [1.807, 2.05) is 0 Å². The molecule has 1 fully saturated rings. The molecule has 0 saturated heterocycles. The molecule has 0 aromatic rings. The predicted molar refractivity (Wildman–Crippen MR) is 29.5 cm³/mol. The molecule has 2 heteroatoms. The van der Waals surface area contributed by atoms with Crippen LogP contribution in [0.3, 0.4) is 0 Å². The summed E-state index contributed by atoms with van der Waals surface area (Å²) in [5.74, 6) is 5.98. The third kappa shape index (κ3) is 0.640. The molecule has 0 amide bonds. The molecule has 0 aliphatic heterocycles. The van der Waals surface area contributed by atoms with Gasteiger partial charge in [-0.2, -0.15) is 0 Å². The molecular weight excluding hydrogens is 88.1 g/mol. The Kier molecular flexibility index (Phi) is 0.869. The number of nitrogens with one attached hydrogen (secondary N) is 1. The van der Waals surface area contributed by atoms with E-state index in [0.717, 1.165) is 5.92 Å². The minimum atomic E-state index is 0.278. The lowest BCUT2D eigenvalue weighted by atomic mass is 10.3. The standard InChI is InChI=1S/C5H12N2/c1-4-3-5(4,2)7-6/h4,7H,3,6H2,1-2H3. The van der Waals surface area contributed by atoms with Crippen LogP contribution in [0.4, 0.5) is 0 Å². The molecule has 2 nitrogen and oxygen atoms in total. The quantitative estimate of drug-likeness (QED) is 0.366. The van der Waals surface area contributed by atoms with Gasteiger partial charge in [-0.25, -0.2) is 0 Å². The van der Waals surface area contributed by atoms with Gasteiger partial charge in [0.05, 0.1) is 0 Å². The van der Waals surface area contributed by atoms with E-state index in [4.69, 9.17) is 5.84 Å². The molecule has 7 heavy (non-hydrogen) atoms. The van der Waals surface area contributed by atoms with Crippen molar-refractivity contribution in [2.24, 2.45) is 11.8 Å². The molecule has 1 aliphatic carbocycles. The maximum absolute atomic E-state index is 5.21. The van der Waals surface area contributed by atoms with Crippen molar-refractivity contribution in [1.82, 2.24) is 5.43 Å². The zero-order chi connectivity index (χ0) is 5.49. The van der Waals surface area contributed by atoms with Crippen molar-refractivity contribution < 1.29 is 0 Å². The molecule has 1 rings (SSSR count). The minimum absolute atomic E-state index is 0.278.